The number of carbonyl (C=O) groups excluding carboxylic acids is 2. The zero-order valence-corrected chi connectivity index (χ0v) is 16.9. The second-order valence-electron chi connectivity index (χ2n) is 7.79. The number of carboxylic acids is 1. The van der Waals surface area contributed by atoms with Crippen molar-refractivity contribution >= 4 is 17.7 Å². The molecule has 0 aliphatic carbocycles. The van der Waals surface area contributed by atoms with Gasteiger partial charge in [0.2, 0.25) is 5.91 Å². The summed E-state index contributed by atoms with van der Waals surface area (Å²) in [5.41, 5.74) is -0.417. The zero-order chi connectivity index (χ0) is 22.1. The van der Waals surface area contributed by atoms with Crippen molar-refractivity contribution in [3.63, 3.8) is 0 Å². The summed E-state index contributed by atoms with van der Waals surface area (Å²) in [7, 11) is 0. The Kier molecular flexibility index (Phi) is 8.87. The van der Waals surface area contributed by atoms with Crippen LogP contribution in [0.4, 0.5) is 13.2 Å². The largest absolute Gasteiger partial charge is 0.481 e. The summed E-state index contributed by atoms with van der Waals surface area (Å²) in [4.78, 5) is 36.7. The number of likely N-dealkylation sites (tertiary alicyclic amines) is 1. The molecule has 0 radical (unpaired) electrons. The molecule has 166 valence electrons. The summed E-state index contributed by atoms with van der Waals surface area (Å²) < 4.78 is 38.4. The summed E-state index contributed by atoms with van der Waals surface area (Å²) in [6.45, 7) is 0.596. The van der Waals surface area contributed by atoms with E-state index in [0.29, 0.717) is 37.8 Å². The molecule has 0 unspecified atom stereocenters. The van der Waals surface area contributed by atoms with E-state index in [1.54, 1.807) is 4.90 Å². The highest BCUT2D eigenvalue weighted by molar-refractivity contribution is 5.81. The van der Waals surface area contributed by atoms with Gasteiger partial charge in [-0.05, 0) is 37.3 Å². The molecule has 30 heavy (non-hydrogen) atoms. The fraction of sp³-hybridized carbons (Fsp3) is 0.591. The third-order valence-electron chi connectivity index (χ3n) is 5.40. The normalized spacial score (nSPS) is 16.8. The number of hydrogen-bond donors (Lipinski definition) is 1. The third kappa shape index (κ3) is 7.80. The Morgan fingerprint density at radius 2 is 1.83 bits per heavy atom. The van der Waals surface area contributed by atoms with E-state index in [9.17, 15) is 27.6 Å². The molecule has 1 aromatic rings. The van der Waals surface area contributed by atoms with E-state index in [0.717, 1.165) is 31.4 Å². The zero-order valence-electron chi connectivity index (χ0n) is 16.9. The molecule has 0 spiro atoms. The molecule has 0 bridgehead atoms. The fourth-order valence-electron chi connectivity index (χ4n) is 3.81. The first-order valence-corrected chi connectivity index (χ1v) is 10.4. The molecule has 0 saturated carbocycles. The van der Waals surface area contributed by atoms with E-state index >= 15 is 0 Å². The average Bonchev–Trinajstić information content (AvgIpc) is 3.02. The Balaban J connectivity index is 1.76. The lowest BCUT2D eigenvalue weighted by atomic mass is 10.0. The van der Waals surface area contributed by atoms with Crippen molar-refractivity contribution < 1.29 is 32.7 Å². The molecule has 5 nitrogen and oxygen atoms in total. The molecule has 1 aromatic carbocycles. The van der Waals surface area contributed by atoms with Crippen LogP contribution in [0.2, 0.25) is 0 Å². The van der Waals surface area contributed by atoms with Gasteiger partial charge in [0.25, 0.3) is 0 Å². The number of unbranched alkanes of at least 4 members (excludes halogenated alkanes) is 3. The lowest BCUT2D eigenvalue weighted by molar-refractivity contribution is -0.138. The number of carboxylic acid groups (broad SMARTS) is 1. The molecule has 1 N–H and O–H groups in total. The van der Waals surface area contributed by atoms with Crippen LogP contribution < -0.4 is 0 Å². The molecular weight excluding hydrogens is 399 g/mol. The number of amides is 1. The number of Topliss-reactive ketones (excluding diaryl/α,β-unsaturated/α-hetero) is 1. The van der Waals surface area contributed by atoms with Crippen LogP contribution in [-0.4, -0.2) is 40.3 Å². The van der Waals surface area contributed by atoms with E-state index in [1.807, 2.05) is 0 Å². The minimum atomic E-state index is -4.43. The predicted octanol–water partition coefficient (Wildman–Crippen LogP) is 4.62. The Morgan fingerprint density at radius 1 is 1.10 bits per heavy atom. The number of benzene rings is 1. The number of alkyl halides is 3. The lowest BCUT2D eigenvalue weighted by Crippen LogP contribution is -2.34. The summed E-state index contributed by atoms with van der Waals surface area (Å²) in [6, 6.07) is 4.80. The minimum absolute atomic E-state index is 0.0121. The molecule has 1 amide bonds. The maximum absolute atomic E-state index is 12.8. The van der Waals surface area contributed by atoms with Crippen LogP contribution in [0.3, 0.4) is 0 Å². The molecule has 1 saturated heterocycles. The van der Waals surface area contributed by atoms with Gasteiger partial charge in [0, 0.05) is 38.3 Å². The van der Waals surface area contributed by atoms with E-state index in [2.05, 4.69) is 0 Å². The molecule has 1 fully saturated rings. The topological polar surface area (TPSA) is 74.7 Å². The molecule has 0 aromatic heterocycles. The number of halogens is 3. The van der Waals surface area contributed by atoms with Crippen LogP contribution in [0, 0.1) is 0 Å². The van der Waals surface area contributed by atoms with Gasteiger partial charge in [-0.15, -0.1) is 0 Å². The van der Waals surface area contributed by atoms with Crippen LogP contribution in [0.25, 0.3) is 0 Å². The number of hydrogen-bond acceptors (Lipinski definition) is 3. The number of ketones is 1. The Bertz CT molecular complexity index is 748. The highest BCUT2D eigenvalue weighted by Gasteiger charge is 2.31. The molecule has 1 heterocycles. The van der Waals surface area contributed by atoms with Crippen molar-refractivity contribution in [1.82, 2.24) is 4.90 Å². The van der Waals surface area contributed by atoms with Crippen LogP contribution >= 0.6 is 0 Å². The predicted molar refractivity (Wildman–Crippen MR) is 105 cm³/mol. The Hall–Kier alpha value is -2.38. The van der Waals surface area contributed by atoms with Gasteiger partial charge in [0.15, 0.2) is 0 Å². The highest BCUT2D eigenvalue weighted by atomic mass is 19.4. The summed E-state index contributed by atoms with van der Waals surface area (Å²) in [6.07, 6.45) is 0.611. The van der Waals surface area contributed by atoms with Crippen molar-refractivity contribution in [2.24, 2.45) is 0 Å². The van der Waals surface area contributed by atoms with Crippen molar-refractivity contribution in [1.29, 1.82) is 0 Å². The van der Waals surface area contributed by atoms with Crippen molar-refractivity contribution in [2.75, 3.05) is 6.54 Å². The SMILES string of the molecule is O=C(O)CCCCCCN1C(=O)CC[C@@H]1CCC(=O)Cc1cccc(C(F)(F)F)c1. The first-order valence-electron chi connectivity index (χ1n) is 10.4. The van der Waals surface area contributed by atoms with Crippen molar-refractivity contribution in [3.05, 3.63) is 35.4 Å². The standard InChI is InChI=1S/C22H28F3NO4/c23-22(24,25)17-7-5-6-16(14-17)15-19(27)11-9-18-10-12-20(28)26(18)13-4-2-1-3-8-21(29)30/h5-7,14,18H,1-4,8-13,15H2,(H,29,30)/t18-/m0/s1. The average molecular weight is 427 g/mol. The van der Waals surface area contributed by atoms with E-state index in [-0.39, 0.29) is 37.0 Å². The maximum Gasteiger partial charge on any atom is 0.416 e. The maximum atomic E-state index is 12.8. The third-order valence-corrected chi connectivity index (χ3v) is 5.40. The van der Waals surface area contributed by atoms with Gasteiger partial charge in [-0.25, -0.2) is 0 Å². The van der Waals surface area contributed by atoms with E-state index < -0.39 is 17.7 Å². The lowest BCUT2D eigenvalue weighted by Gasteiger charge is -2.24. The van der Waals surface area contributed by atoms with Crippen molar-refractivity contribution in [3.8, 4) is 0 Å². The minimum Gasteiger partial charge on any atom is -0.481 e. The number of nitrogens with zero attached hydrogens (tertiary/aromatic N) is 1. The van der Waals surface area contributed by atoms with Gasteiger partial charge >= 0.3 is 12.1 Å². The molecule has 8 heteroatoms. The second-order valence-corrected chi connectivity index (χ2v) is 7.79. The summed E-state index contributed by atoms with van der Waals surface area (Å²) in [5, 5.41) is 8.63. The monoisotopic (exact) mass is 427 g/mol. The van der Waals surface area contributed by atoms with Gasteiger partial charge in [-0.1, -0.05) is 31.0 Å². The van der Waals surface area contributed by atoms with E-state index in [4.69, 9.17) is 5.11 Å². The first kappa shape index (κ1) is 23.9. The fourth-order valence-corrected chi connectivity index (χ4v) is 3.81. The quantitative estimate of drug-likeness (QED) is 0.494. The number of carbonyl (C=O) groups is 3. The van der Waals surface area contributed by atoms with Crippen LogP contribution in [0.5, 0.6) is 0 Å². The molecule has 2 rings (SSSR count). The number of rotatable bonds is 12. The number of aliphatic carboxylic acids is 1. The van der Waals surface area contributed by atoms with Crippen molar-refractivity contribution in [2.45, 2.75) is 76.4 Å². The summed E-state index contributed by atoms with van der Waals surface area (Å²) in [5.74, 6) is -0.877. The molecule has 1 aliphatic heterocycles. The van der Waals surface area contributed by atoms with E-state index in [1.165, 1.54) is 12.1 Å². The van der Waals surface area contributed by atoms with Gasteiger partial charge in [-0.3, -0.25) is 14.4 Å². The highest BCUT2D eigenvalue weighted by Crippen LogP contribution is 2.30. The molecular formula is C22H28F3NO4. The van der Waals surface area contributed by atoms with Gasteiger partial charge in [0.1, 0.15) is 5.78 Å². The second kappa shape index (κ2) is 11.1. The van der Waals surface area contributed by atoms with Crippen LogP contribution in [0.15, 0.2) is 24.3 Å². The Morgan fingerprint density at radius 3 is 2.53 bits per heavy atom. The molecule has 1 aliphatic rings. The van der Waals surface area contributed by atoms with Crippen LogP contribution in [0.1, 0.15) is 68.9 Å². The van der Waals surface area contributed by atoms with Gasteiger partial charge in [-0.2, -0.15) is 13.2 Å². The first-order chi connectivity index (χ1) is 14.2. The Labute approximate surface area is 174 Å². The van der Waals surface area contributed by atoms with Gasteiger partial charge < -0.3 is 10.0 Å². The van der Waals surface area contributed by atoms with Gasteiger partial charge in [0.05, 0.1) is 5.56 Å². The smallest absolute Gasteiger partial charge is 0.416 e. The van der Waals surface area contributed by atoms with Crippen LogP contribution in [-0.2, 0) is 27.0 Å². The molecule has 1 atom stereocenters. The summed E-state index contributed by atoms with van der Waals surface area (Å²) >= 11 is 0.